The number of nitrogens with zero attached hydrogens (tertiary/aromatic N) is 1. The first-order valence-corrected chi connectivity index (χ1v) is 12.6. The molecule has 0 spiro atoms. The van der Waals surface area contributed by atoms with Crippen LogP contribution in [-0.4, -0.2) is 49.1 Å². The minimum Gasteiger partial charge on any atom is -0.497 e. The highest BCUT2D eigenvalue weighted by Crippen LogP contribution is 2.31. The topological polar surface area (TPSA) is 77.1 Å². The molecular weight excluding hydrogens is 444 g/mol. The number of carbonyl (C=O) groups is 2. The normalized spacial score (nSPS) is 16.3. The van der Waals surface area contributed by atoms with Crippen molar-refractivity contribution in [2.45, 2.75) is 70.5 Å². The Hall–Kier alpha value is -3.22. The zero-order valence-corrected chi connectivity index (χ0v) is 20.8. The molecule has 7 nitrogen and oxygen atoms in total. The van der Waals surface area contributed by atoms with E-state index in [2.05, 4.69) is 5.32 Å². The Morgan fingerprint density at radius 2 is 1.80 bits per heavy atom. The van der Waals surface area contributed by atoms with E-state index in [1.807, 2.05) is 49.4 Å². The van der Waals surface area contributed by atoms with Crippen molar-refractivity contribution < 1.29 is 23.8 Å². The van der Waals surface area contributed by atoms with E-state index in [9.17, 15) is 9.59 Å². The van der Waals surface area contributed by atoms with Crippen LogP contribution >= 0.6 is 0 Å². The highest BCUT2D eigenvalue weighted by molar-refractivity contribution is 5.87. The molecule has 7 heteroatoms. The fourth-order valence-electron chi connectivity index (χ4n) is 4.76. The van der Waals surface area contributed by atoms with Crippen molar-refractivity contribution in [3.8, 4) is 17.2 Å². The van der Waals surface area contributed by atoms with E-state index >= 15 is 0 Å². The lowest BCUT2D eigenvalue weighted by molar-refractivity contribution is -0.141. The maximum Gasteiger partial charge on any atom is 0.242 e. The fourth-order valence-corrected chi connectivity index (χ4v) is 4.76. The van der Waals surface area contributed by atoms with Gasteiger partial charge in [-0.1, -0.05) is 37.5 Å². The minimum absolute atomic E-state index is 0.0611. The van der Waals surface area contributed by atoms with Crippen molar-refractivity contribution in [3.05, 3.63) is 53.6 Å². The first kappa shape index (κ1) is 24.9. The maximum absolute atomic E-state index is 13.5. The van der Waals surface area contributed by atoms with Crippen LogP contribution in [0.5, 0.6) is 17.2 Å². The summed E-state index contributed by atoms with van der Waals surface area (Å²) in [6.07, 6.45) is 6.37. The van der Waals surface area contributed by atoms with Crippen LogP contribution in [0.15, 0.2) is 42.5 Å². The number of amides is 2. The first-order chi connectivity index (χ1) is 17.0. The van der Waals surface area contributed by atoms with E-state index in [-0.39, 0.29) is 17.9 Å². The quantitative estimate of drug-likeness (QED) is 0.580. The van der Waals surface area contributed by atoms with Gasteiger partial charge in [0.1, 0.15) is 25.0 Å². The lowest BCUT2D eigenvalue weighted by atomic mass is 9.95. The number of carbonyl (C=O) groups excluding carboxylic acids is 2. The van der Waals surface area contributed by atoms with Crippen LogP contribution in [0.3, 0.4) is 0 Å². The van der Waals surface area contributed by atoms with Crippen LogP contribution < -0.4 is 19.5 Å². The summed E-state index contributed by atoms with van der Waals surface area (Å²) < 4.78 is 16.6. The van der Waals surface area contributed by atoms with Crippen molar-refractivity contribution in [2.24, 2.45) is 0 Å². The largest absolute Gasteiger partial charge is 0.497 e. The van der Waals surface area contributed by atoms with Crippen LogP contribution in [0.1, 0.15) is 56.6 Å². The van der Waals surface area contributed by atoms with E-state index in [1.54, 1.807) is 12.0 Å². The summed E-state index contributed by atoms with van der Waals surface area (Å²) in [7, 11) is 1.62. The number of nitrogens with one attached hydrogen (secondary N) is 1. The van der Waals surface area contributed by atoms with Gasteiger partial charge in [-0.2, -0.15) is 0 Å². The van der Waals surface area contributed by atoms with Gasteiger partial charge in [-0.3, -0.25) is 9.59 Å². The summed E-state index contributed by atoms with van der Waals surface area (Å²) in [5, 5.41) is 3.18. The molecule has 2 aromatic rings. The number of ether oxygens (including phenoxy) is 3. The smallest absolute Gasteiger partial charge is 0.242 e. The van der Waals surface area contributed by atoms with Crippen molar-refractivity contribution in [1.82, 2.24) is 10.2 Å². The van der Waals surface area contributed by atoms with Crippen LogP contribution in [0.4, 0.5) is 0 Å². The molecule has 1 saturated carbocycles. The van der Waals surface area contributed by atoms with Crippen LogP contribution in [0.25, 0.3) is 0 Å². The molecule has 188 valence electrons. The van der Waals surface area contributed by atoms with Gasteiger partial charge >= 0.3 is 0 Å². The predicted molar refractivity (Wildman–Crippen MR) is 134 cm³/mol. The van der Waals surface area contributed by atoms with Gasteiger partial charge in [-0.25, -0.2) is 0 Å². The number of aryl methyl sites for hydroxylation is 1. The number of hydrogen-bond donors (Lipinski definition) is 1. The lowest BCUT2D eigenvalue weighted by Crippen LogP contribution is -2.50. The Bertz CT molecular complexity index is 1020. The summed E-state index contributed by atoms with van der Waals surface area (Å²) in [4.78, 5) is 28.3. The molecule has 2 aromatic carbocycles. The summed E-state index contributed by atoms with van der Waals surface area (Å²) in [6.45, 7) is 3.24. The Morgan fingerprint density at radius 3 is 2.57 bits per heavy atom. The van der Waals surface area contributed by atoms with Crippen LogP contribution in [0, 0.1) is 0 Å². The van der Waals surface area contributed by atoms with Gasteiger partial charge in [-0.15, -0.1) is 0 Å². The SMILES string of the molecule is COc1cccc(CN(C(=O)CCc2ccc3c(c2)OCCO3)C(C)C(=O)NC2CCCCC2)c1. The van der Waals surface area contributed by atoms with E-state index < -0.39 is 6.04 Å². The second kappa shape index (κ2) is 12.0. The summed E-state index contributed by atoms with van der Waals surface area (Å²) in [5.41, 5.74) is 1.93. The minimum atomic E-state index is -0.573. The van der Waals surface area contributed by atoms with Gasteiger partial charge < -0.3 is 24.4 Å². The van der Waals surface area contributed by atoms with Crippen LogP contribution in [-0.2, 0) is 22.6 Å². The summed E-state index contributed by atoms with van der Waals surface area (Å²) in [6, 6.07) is 13.1. The third kappa shape index (κ3) is 6.68. The van der Waals surface area contributed by atoms with Crippen molar-refractivity contribution >= 4 is 11.8 Å². The highest BCUT2D eigenvalue weighted by atomic mass is 16.6. The van der Waals surface area contributed by atoms with Crippen molar-refractivity contribution in [2.75, 3.05) is 20.3 Å². The average Bonchev–Trinajstić information content (AvgIpc) is 2.90. The molecule has 1 fully saturated rings. The molecule has 2 aliphatic rings. The monoisotopic (exact) mass is 480 g/mol. The Labute approximate surface area is 207 Å². The van der Waals surface area contributed by atoms with Gasteiger partial charge in [0.15, 0.2) is 11.5 Å². The molecule has 2 amide bonds. The second-order valence-corrected chi connectivity index (χ2v) is 9.37. The molecule has 1 N–H and O–H groups in total. The molecule has 1 heterocycles. The molecule has 1 aliphatic carbocycles. The standard InChI is InChI=1S/C28H36N2O5/c1-20(28(32)29-23-8-4-3-5-9-23)30(19-22-7-6-10-24(17-22)33-2)27(31)14-12-21-11-13-25-26(18-21)35-16-15-34-25/h6-7,10-11,13,17-18,20,23H,3-5,8-9,12,14-16,19H2,1-2H3,(H,29,32). The number of hydrogen-bond acceptors (Lipinski definition) is 5. The fraction of sp³-hybridized carbons (Fsp3) is 0.500. The van der Waals surface area contributed by atoms with Crippen LogP contribution in [0.2, 0.25) is 0 Å². The summed E-state index contributed by atoms with van der Waals surface area (Å²) in [5.74, 6) is 2.03. The van der Waals surface area contributed by atoms with E-state index in [0.29, 0.717) is 32.6 Å². The molecule has 4 rings (SSSR count). The zero-order valence-electron chi connectivity index (χ0n) is 20.8. The maximum atomic E-state index is 13.5. The van der Waals surface area contributed by atoms with E-state index in [0.717, 1.165) is 54.1 Å². The van der Waals surface area contributed by atoms with Gasteiger partial charge in [0.2, 0.25) is 11.8 Å². The number of rotatable bonds is 9. The average molecular weight is 481 g/mol. The molecule has 0 saturated heterocycles. The molecule has 0 radical (unpaired) electrons. The molecule has 1 atom stereocenters. The molecule has 0 aromatic heterocycles. The molecule has 0 bridgehead atoms. The molecular formula is C28H36N2O5. The first-order valence-electron chi connectivity index (χ1n) is 12.6. The molecule has 1 unspecified atom stereocenters. The van der Waals surface area contributed by atoms with Gasteiger partial charge in [0.25, 0.3) is 0 Å². The molecule has 1 aliphatic heterocycles. The van der Waals surface area contributed by atoms with Crippen molar-refractivity contribution in [3.63, 3.8) is 0 Å². The number of fused-ring (bicyclic) bond motifs is 1. The van der Waals surface area contributed by atoms with E-state index in [1.165, 1.54) is 6.42 Å². The Kier molecular flexibility index (Phi) is 8.50. The van der Waals surface area contributed by atoms with Gasteiger partial charge in [-0.05, 0) is 61.6 Å². The van der Waals surface area contributed by atoms with Gasteiger partial charge in [0.05, 0.1) is 7.11 Å². The highest BCUT2D eigenvalue weighted by Gasteiger charge is 2.28. The third-order valence-corrected chi connectivity index (χ3v) is 6.84. The zero-order chi connectivity index (χ0) is 24.6. The van der Waals surface area contributed by atoms with E-state index in [4.69, 9.17) is 14.2 Å². The van der Waals surface area contributed by atoms with Crippen molar-refractivity contribution in [1.29, 1.82) is 0 Å². The van der Waals surface area contributed by atoms with Gasteiger partial charge in [0, 0.05) is 19.0 Å². The summed E-state index contributed by atoms with van der Waals surface area (Å²) >= 11 is 0. The second-order valence-electron chi connectivity index (χ2n) is 9.37. The Balaban J connectivity index is 1.45. The predicted octanol–water partition coefficient (Wildman–Crippen LogP) is 4.27. The lowest BCUT2D eigenvalue weighted by Gasteiger charge is -2.31. The number of benzene rings is 2. The number of methoxy groups -OCH3 is 1. The third-order valence-electron chi connectivity index (χ3n) is 6.84. The Morgan fingerprint density at radius 1 is 1.03 bits per heavy atom. The molecule has 35 heavy (non-hydrogen) atoms.